The van der Waals surface area contributed by atoms with Gasteiger partial charge in [0.2, 0.25) is 5.91 Å². The van der Waals surface area contributed by atoms with E-state index in [9.17, 15) is 14.4 Å². The standard InChI is InChI=1S/C41H69NO5/c1-13-14-32(43)46-31-19-20-38(10)29(37(31,8)9)18-21-40(12)30(38)16-15-28-33-27(25(2)3)17-22-41(33,24-23-39(28,40)11)35(45)42-26(4)34(44)47-36(5,6)7/h25-31,33H,13-24H2,1-12H3,(H,42,45)/t26-,27-,28?,29?,30?,31+,33-,38-,39+,40+,41-/m0/s1. The van der Waals surface area contributed by atoms with Crippen molar-refractivity contribution in [3.8, 4) is 0 Å². The summed E-state index contributed by atoms with van der Waals surface area (Å²) in [6.07, 6.45) is 12.2. The summed E-state index contributed by atoms with van der Waals surface area (Å²) in [5.41, 5.74) is -0.492. The minimum atomic E-state index is -0.661. The van der Waals surface area contributed by atoms with E-state index in [1.807, 2.05) is 27.7 Å². The molecule has 5 saturated carbocycles. The summed E-state index contributed by atoms with van der Waals surface area (Å²) in [4.78, 5) is 40.1. The quantitative estimate of drug-likeness (QED) is 0.277. The summed E-state index contributed by atoms with van der Waals surface area (Å²) in [5.74, 6) is 2.71. The maximum absolute atomic E-state index is 14.5. The topological polar surface area (TPSA) is 81.7 Å². The molecule has 0 aromatic rings. The second kappa shape index (κ2) is 12.3. The Morgan fingerprint density at radius 2 is 1.49 bits per heavy atom. The molecular weight excluding hydrogens is 586 g/mol. The Labute approximate surface area is 287 Å². The predicted octanol–water partition coefficient (Wildman–Crippen LogP) is 9.28. The van der Waals surface area contributed by atoms with Crippen molar-refractivity contribution in [3.63, 3.8) is 0 Å². The molecule has 0 heterocycles. The van der Waals surface area contributed by atoms with E-state index in [4.69, 9.17) is 9.47 Å². The molecule has 6 nitrogen and oxygen atoms in total. The zero-order chi connectivity index (χ0) is 35.0. The lowest BCUT2D eigenvalue weighted by atomic mass is 9.32. The van der Waals surface area contributed by atoms with Crippen LogP contribution in [0.25, 0.3) is 0 Å². The third-order valence-corrected chi connectivity index (χ3v) is 15.6. The predicted molar refractivity (Wildman–Crippen MR) is 187 cm³/mol. The van der Waals surface area contributed by atoms with Crippen LogP contribution in [0.1, 0.15) is 160 Å². The van der Waals surface area contributed by atoms with Crippen molar-refractivity contribution in [2.24, 2.45) is 62.6 Å². The smallest absolute Gasteiger partial charge is 0.328 e. The normalized spacial score (nSPS) is 43.1. The van der Waals surface area contributed by atoms with Crippen LogP contribution in [0.15, 0.2) is 0 Å². The SMILES string of the molecule is CCCC(=O)O[C@@H]1CC[C@@]2(C)C(CC[C@]3(C)C2CCC2[C@@H]4[C@H](C(C)C)CC[C@]4(C(=O)N[C@@H](C)C(=O)OC(C)(C)C)CC[C@]23C)C1(C)C. The van der Waals surface area contributed by atoms with Crippen LogP contribution >= 0.6 is 0 Å². The highest BCUT2D eigenvalue weighted by Gasteiger charge is 2.72. The Morgan fingerprint density at radius 3 is 2.11 bits per heavy atom. The molecule has 0 aliphatic heterocycles. The molecule has 5 rings (SSSR count). The Bertz CT molecular complexity index is 1220. The van der Waals surface area contributed by atoms with Crippen molar-refractivity contribution in [3.05, 3.63) is 0 Å². The highest BCUT2D eigenvalue weighted by Crippen LogP contribution is 2.77. The fraction of sp³-hybridized carbons (Fsp3) is 0.927. The minimum absolute atomic E-state index is 0.00178. The maximum Gasteiger partial charge on any atom is 0.328 e. The molecule has 5 aliphatic rings. The average Bonchev–Trinajstić information content (AvgIpc) is 3.35. The van der Waals surface area contributed by atoms with Gasteiger partial charge in [0.05, 0.1) is 5.41 Å². The molecule has 11 atom stereocenters. The lowest BCUT2D eigenvalue weighted by molar-refractivity contribution is -0.250. The van der Waals surface area contributed by atoms with Gasteiger partial charge in [-0.1, -0.05) is 55.4 Å². The van der Waals surface area contributed by atoms with E-state index in [1.165, 1.54) is 25.7 Å². The molecule has 0 saturated heterocycles. The lowest BCUT2D eigenvalue weighted by Crippen LogP contribution is -2.67. The van der Waals surface area contributed by atoms with Gasteiger partial charge in [-0.2, -0.15) is 0 Å². The number of fused-ring (bicyclic) bond motifs is 7. The molecule has 3 unspecified atom stereocenters. The van der Waals surface area contributed by atoms with Crippen LogP contribution in [0, 0.1) is 62.6 Å². The van der Waals surface area contributed by atoms with Gasteiger partial charge in [-0.25, -0.2) is 4.79 Å². The van der Waals surface area contributed by atoms with Crippen molar-refractivity contribution >= 4 is 17.8 Å². The number of nitrogens with one attached hydrogen (secondary N) is 1. The van der Waals surface area contributed by atoms with Crippen molar-refractivity contribution in [1.29, 1.82) is 0 Å². The Morgan fingerprint density at radius 1 is 0.809 bits per heavy atom. The van der Waals surface area contributed by atoms with Crippen LogP contribution in [0.3, 0.4) is 0 Å². The minimum Gasteiger partial charge on any atom is -0.462 e. The van der Waals surface area contributed by atoms with Gasteiger partial charge >= 0.3 is 11.9 Å². The third kappa shape index (κ3) is 5.79. The molecule has 5 aliphatic carbocycles. The number of hydrogen-bond acceptors (Lipinski definition) is 5. The van der Waals surface area contributed by atoms with Crippen LogP contribution < -0.4 is 5.32 Å². The fourth-order valence-corrected chi connectivity index (χ4v) is 13.2. The molecule has 5 fully saturated rings. The number of hydrogen-bond donors (Lipinski definition) is 1. The molecule has 268 valence electrons. The van der Waals surface area contributed by atoms with Crippen molar-refractivity contribution in [1.82, 2.24) is 5.32 Å². The van der Waals surface area contributed by atoms with Crippen LogP contribution in [0.5, 0.6) is 0 Å². The van der Waals surface area contributed by atoms with Crippen molar-refractivity contribution < 1.29 is 23.9 Å². The first-order valence-electron chi connectivity index (χ1n) is 19.4. The molecule has 0 radical (unpaired) electrons. The number of esters is 2. The second-order valence-corrected chi connectivity index (χ2v) is 19.6. The first-order chi connectivity index (χ1) is 21.7. The molecule has 1 N–H and O–H groups in total. The van der Waals surface area contributed by atoms with Gasteiger partial charge in [0.1, 0.15) is 17.7 Å². The monoisotopic (exact) mass is 656 g/mol. The number of rotatable bonds is 7. The molecule has 0 aromatic carbocycles. The molecule has 6 heteroatoms. The van der Waals surface area contributed by atoms with E-state index in [1.54, 1.807) is 6.92 Å². The summed E-state index contributed by atoms with van der Waals surface area (Å²) < 4.78 is 11.8. The first kappa shape index (κ1) is 36.7. The Hall–Kier alpha value is -1.59. The van der Waals surface area contributed by atoms with Gasteiger partial charge in [-0.05, 0) is 150 Å². The molecular formula is C41H69NO5. The van der Waals surface area contributed by atoms with E-state index in [0.29, 0.717) is 41.9 Å². The van der Waals surface area contributed by atoms with Crippen LogP contribution in [-0.2, 0) is 23.9 Å². The zero-order valence-electron chi connectivity index (χ0n) is 32.1. The summed E-state index contributed by atoms with van der Waals surface area (Å²) in [7, 11) is 0. The van der Waals surface area contributed by atoms with Crippen molar-refractivity contribution in [2.75, 3.05) is 0 Å². The number of ether oxygens (including phenoxy) is 2. The molecule has 0 bridgehead atoms. The van der Waals surface area contributed by atoms with Crippen LogP contribution in [0.4, 0.5) is 0 Å². The van der Waals surface area contributed by atoms with E-state index < -0.39 is 17.1 Å². The Balaban J connectivity index is 1.43. The highest BCUT2D eigenvalue weighted by molar-refractivity contribution is 5.88. The zero-order valence-corrected chi connectivity index (χ0v) is 32.1. The lowest BCUT2D eigenvalue weighted by Gasteiger charge is -2.73. The van der Waals surface area contributed by atoms with Gasteiger partial charge in [0, 0.05) is 11.8 Å². The second-order valence-electron chi connectivity index (χ2n) is 19.6. The summed E-state index contributed by atoms with van der Waals surface area (Å²) in [6.45, 7) is 26.8. The molecule has 0 aromatic heterocycles. The van der Waals surface area contributed by atoms with Gasteiger partial charge in [0.25, 0.3) is 0 Å². The average molecular weight is 656 g/mol. The Kier molecular flexibility index (Phi) is 9.62. The van der Waals surface area contributed by atoms with Gasteiger partial charge in [-0.3, -0.25) is 9.59 Å². The molecule has 47 heavy (non-hydrogen) atoms. The summed E-state index contributed by atoms with van der Waals surface area (Å²) in [5, 5.41) is 3.20. The first-order valence-corrected chi connectivity index (χ1v) is 19.4. The highest BCUT2D eigenvalue weighted by atomic mass is 16.6. The number of carbonyl (C=O) groups excluding carboxylic acids is 3. The van der Waals surface area contributed by atoms with Crippen LogP contribution in [0.2, 0.25) is 0 Å². The van der Waals surface area contributed by atoms with E-state index in [0.717, 1.165) is 44.9 Å². The number of amides is 1. The van der Waals surface area contributed by atoms with E-state index >= 15 is 0 Å². The summed E-state index contributed by atoms with van der Waals surface area (Å²) in [6, 6.07) is -0.661. The third-order valence-electron chi connectivity index (χ3n) is 15.6. The van der Waals surface area contributed by atoms with Crippen molar-refractivity contribution in [2.45, 2.75) is 178 Å². The van der Waals surface area contributed by atoms with Crippen LogP contribution in [-0.4, -0.2) is 35.6 Å². The van der Waals surface area contributed by atoms with E-state index in [-0.39, 0.29) is 45.6 Å². The fourth-order valence-electron chi connectivity index (χ4n) is 13.2. The van der Waals surface area contributed by atoms with Gasteiger partial charge in [-0.15, -0.1) is 0 Å². The summed E-state index contributed by atoms with van der Waals surface area (Å²) >= 11 is 0. The maximum atomic E-state index is 14.5. The largest absolute Gasteiger partial charge is 0.462 e. The van der Waals surface area contributed by atoms with E-state index in [2.05, 4.69) is 53.8 Å². The molecule has 1 amide bonds. The van der Waals surface area contributed by atoms with Gasteiger partial charge < -0.3 is 14.8 Å². The van der Waals surface area contributed by atoms with Gasteiger partial charge in [0.15, 0.2) is 0 Å². The molecule has 0 spiro atoms. The number of carbonyl (C=O) groups is 3.